The Morgan fingerprint density at radius 1 is 1.09 bits per heavy atom. The zero-order valence-corrected chi connectivity index (χ0v) is 12.4. The number of rotatable bonds is 5. The van der Waals surface area contributed by atoms with E-state index in [2.05, 4.69) is 15.4 Å². The first-order valence-electron chi connectivity index (χ1n) is 7.03. The molecule has 0 spiro atoms. The molecule has 0 saturated carbocycles. The SMILES string of the molecule is CC(C)Oc1ccc([C@@H]2C=C(Oc3cncnc3)NO2)cc1. The molecular formula is C16H17N3O3. The highest BCUT2D eigenvalue weighted by atomic mass is 16.7. The van der Waals surface area contributed by atoms with Crippen molar-refractivity contribution in [2.45, 2.75) is 26.1 Å². The first kappa shape index (κ1) is 14.3. The molecule has 6 nitrogen and oxygen atoms in total. The van der Waals surface area contributed by atoms with Crippen LogP contribution in [0.5, 0.6) is 11.5 Å². The van der Waals surface area contributed by atoms with Crippen molar-refractivity contribution < 1.29 is 14.3 Å². The van der Waals surface area contributed by atoms with Crippen LogP contribution >= 0.6 is 0 Å². The van der Waals surface area contributed by atoms with Crippen LogP contribution in [-0.4, -0.2) is 16.1 Å². The third-order valence-corrected chi connectivity index (χ3v) is 2.93. The monoisotopic (exact) mass is 299 g/mol. The van der Waals surface area contributed by atoms with Gasteiger partial charge in [-0.2, -0.15) is 0 Å². The molecule has 1 aliphatic rings. The fraction of sp³-hybridized carbons (Fsp3) is 0.250. The number of hydrogen-bond acceptors (Lipinski definition) is 6. The zero-order chi connectivity index (χ0) is 15.4. The molecule has 114 valence electrons. The number of hydroxylamine groups is 1. The van der Waals surface area contributed by atoms with Crippen LogP contribution in [0.25, 0.3) is 0 Å². The van der Waals surface area contributed by atoms with Gasteiger partial charge in [-0.05, 0) is 31.5 Å². The maximum Gasteiger partial charge on any atom is 0.216 e. The van der Waals surface area contributed by atoms with Gasteiger partial charge >= 0.3 is 0 Å². The van der Waals surface area contributed by atoms with Gasteiger partial charge in [0.05, 0.1) is 18.5 Å². The van der Waals surface area contributed by atoms with E-state index in [1.807, 2.05) is 44.2 Å². The van der Waals surface area contributed by atoms with Gasteiger partial charge in [-0.25, -0.2) is 15.4 Å². The van der Waals surface area contributed by atoms with Gasteiger partial charge in [0.1, 0.15) is 18.2 Å². The smallest absolute Gasteiger partial charge is 0.216 e. The van der Waals surface area contributed by atoms with Gasteiger partial charge < -0.3 is 9.47 Å². The van der Waals surface area contributed by atoms with E-state index in [9.17, 15) is 0 Å². The lowest BCUT2D eigenvalue weighted by molar-refractivity contribution is 0.0272. The Balaban J connectivity index is 1.66. The number of benzene rings is 1. The first-order chi connectivity index (χ1) is 10.7. The van der Waals surface area contributed by atoms with Crippen LogP contribution in [-0.2, 0) is 4.84 Å². The van der Waals surface area contributed by atoms with Crippen molar-refractivity contribution in [1.82, 2.24) is 15.4 Å². The van der Waals surface area contributed by atoms with Crippen molar-refractivity contribution in [1.29, 1.82) is 0 Å². The highest BCUT2D eigenvalue weighted by molar-refractivity contribution is 5.31. The van der Waals surface area contributed by atoms with Gasteiger partial charge in [0.15, 0.2) is 5.75 Å². The highest BCUT2D eigenvalue weighted by Crippen LogP contribution is 2.26. The Labute approximate surface area is 128 Å². The fourth-order valence-corrected chi connectivity index (χ4v) is 2.02. The van der Waals surface area contributed by atoms with Gasteiger partial charge in [0.25, 0.3) is 0 Å². The molecule has 1 aliphatic heterocycles. The molecule has 0 aliphatic carbocycles. The molecule has 2 aromatic rings. The quantitative estimate of drug-likeness (QED) is 0.916. The predicted molar refractivity (Wildman–Crippen MR) is 79.9 cm³/mol. The predicted octanol–water partition coefficient (Wildman–Crippen LogP) is 2.76. The van der Waals surface area contributed by atoms with E-state index in [1.54, 1.807) is 12.4 Å². The number of ether oxygens (including phenoxy) is 2. The molecule has 0 unspecified atom stereocenters. The van der Waals surface area contributed by atoms with Crippen LogP contribution in [0.3, 0.4) is 0 Å². The largest absolute Gasteiger partial charge is 0.491 e. The van der Waals surface area contributed by atoms with Crippen molar-refractivity contribution in [2.75, 3.05) is 0 Å². The van der Waals surface area contributed by atoms with Crippen LogP contribution in [0.15, 0.2) is 54.9 Å². The summed E-state index contributed by atoms with van der Waals surface area (Å²) in [5.74, 6) is 1.90. The molecule has 6 heteroatoms. The summed E-state index contributed by atoms with van der Waals surface area (Å²) in [5.41, 5.74) is 3.76. The Hall–Kier alpha value is -2.60. The Morgan fingerprint density at radius 3 is 2.50 bits per heavy atom. The van der Waals surface area contributed by atoms with Gasteiger partial charge in [0.2, 0.25) is 5.88 Å². The van der Waals surface area contributed by atoms with E-state index in [4.69, 9.17) is 14.3 Å². The summed E-state index contributed by atoms with van der Waals surface area (Å²) >= 11 is 0. The van der Waals surface area contributed by atoms with E-state index in [0.717, 1.165) is 11.3 Å². The maximum absolute atomic E-state index is 5.62. The minimum atomic E-state index is -0.215. The second kappa shape index (κ2) is 6.44. The van der Waals surface area contributed by atoms with E-state index < -0.39 is 0 Å². The van der Waals surface area contributed by atoms with Gasteiger partial charge in [-0.3, -0.25) is 4.84 Å². The van der Waals surface area contributed by atoms with Crippen molar-refractivity contribution >= 4 is 0 Å². The van der Waals surface area contributed by atoms with Crippen molar-refractivity contribution in [3.8, 4) is 11.5 Å². The summed E-state index contributed by atoms with van der Waals surface area (Å²) in [4.78, 5) is 13.3. The lowest BCUT2D eigenvalue weighted by Gasteiger charge is -2.11. The Morgan fingerprint density at radius 2 is 1.82 bits per heavy atom. The maximum atomic E-state index is 5.62. The molecule has 0 amide bonds. The van der Waals surface area contributed by atoms with Crippen molar-refractivity contribution in [2.24, 2.45) is 0 Å². The number of nitrogens with zero attached hydrogens (tertiary/aromatic N) is 2. The molecule has 1 atom stereocenters. The number of hydrogen-bond donors (Lipinski definition) is 1. The standard InChI is InChI=1S/C16H17N3O3/c1-11(2)20-13-5-3-12(4-6-13)15-7-16(19-22-15)21-14-8-17-10-18-9-14/h3-11,15,19H,1-2H3/t15-/m0/s1. The van der Waals surface area contributed by atoms with Gasteiger partial charge in [0, 0.05) is 6.08 Å². The third-order valence-electron chi connectivity index (χ3n) is 2.93. The molecule has 1 N–H and O–H groups in total. The summed E-state index contributed by atoms with van der Waals surface area (Å²) in [6.45, 7) is 4.00. The molecule has 1 aromatic carbocycles. The number of aromatic nitrogens is 2. The average Bonchev–Trinajstić information content (AvgIpc) is 2.97. The summed E-state index contributed by atoms with van der Waals surface area (Å²) in [7, 11) is 0. The van der Waals surface area contributed by atoms with Gasteiger partial charge in [-0.15, -0.1) is 0 Å². The molecule has 0 saturated heterocycles. The molecule has 2 heterocycles. The van der Waals surface area contributed by atoms with Crippen LogP contribution in [0.1, 0.15) is 25.5 Å². The third kappa shape index (κ3) is 3.53. The second-order valence-electron chi connectivity index (χ2n) is 5.08. The summed E-state index contributed by atoms with van der Waals surface area (Å²) in [6.07, 6.45) is 6.41. The van der Waals surface area contributed by atoms with Crippen LogP contribution in [0.4, 0.5) is 0 Å². The minimum Gasteiger partial charge on any atom is -0.491 e. The van der Waals surface area contributed by atoms with Crippen LogP contribution in [0, 0.1) is 0 Å². The molecule has 0 radical (unpaired) electrons. The molecule has 0 fully saturated rings. The summed E-state index contributed by atoms with van der Waals surface area (Å²) < 4.78 is 11.2. The van der Waals surface area contributed by atoms with E-state index in [1.165, 1.54) is 6.33 Å². The first-order valence-corrected chi connectivity index (χ1v) is 7.03. The normalized spacial score (nSPS) is 17.0. The molecule has 1 aromatic heterocycles. The average molecular weight is 299 g/mol. The highest BCUT2D eigenvalue weighted by Gasteiger charge is 2.20. The number of nitrogens with one attached hydrogen (secondary N) is 1. The summed E-state index contributed by atoms with van der Waals surface area (Å²) in [5, 5.41) is 0. The van der Waals surface area contributed by atoms with E-state index >= 15 is 0 Å². The molecule has 22 heavy (non-hydrogen) atoms. The summed E-state index contributed by atoms with van der Waals surface area (Å²) in [6, 6.07) is 7.79. The Kier molecular flexibility index (Phi) is 4.20. The van der Waals surface area contributed by atoms with E-state index in [0.29, 0.717) is 11.6 Å². The molecule has 3 rings (SSSR count). The van der Waals surface area contributed by atoms with Crippen molar-refractivity contribution in [3.05, 3.63) is 60.5 Å². The lowest BCUT2D eigenvalue weighted by atomic mass is 10.1. The molecular weight excluding hydrogens is 282 g/mol. The fourth-order valence-electron chi connectivity index (χ4n) is 2.02. The minimum absolute atomic E-state index is 0.156. The lowest BCUT2D eigenvalue weighted by Crippen LogP contribution is -2.12. The topological polar surface area (TPSA) is 65.5 Å². The van der Waals surface area contributed by atoms with Crippen LogP contribution < -0.4 is 15.0 Å². The van der Waals surface area contributed by atoms with E-state index in [-0.39, 0.29) is 12.2 Å². The Bertz CT molecular complexity index is 641. The van der Waals surface area contributed by atoms with Crippen LogP contribution in [0.2, 0.25) is 0 Å². The van der Waals surface area contributed by atoms with Gasteiger partial charge in [-0.1, -0.05) is 12.1 Å². The zero-order valence-electron chi connectivity index (χ0n) is 12.4. The molecule has 0 bridgehead atoms. The van der Waals surface area contributed by atoms with Crippen molar-refractivity contribution in [3.63, 3.8) is 0 Å². The second-order valence-corrected chi connectivity index (χ2v) is 5.08.